The summed E-state index contributed by atoms with van der Waals surface area (Å²) in [5, 5.41) is 5.48. The van der Waals surface area contributed by atoms with Crippen molar-refractivity contribution in [3.63, 3.8) is 0 Å². The van der Waals surface area contributed by atoms with Crippen molar-refractivity contribution in [2.75, 3.05) is 12.9 Å². The summed E-state index contributed by atoms with van der Waals surface area (Å²) in [6.45, 7) is 6.36. The van der Waals surface area contributed by atoms with Gasteiger partial charge < -0.3 is 4.74 Å². The standard InChI is InChI=1S/C19H20ClFN4O2S/c1-10(2)9-27-19-15(20)5-12(8-22-19)25-17-7-16(21)14(18(26)24-28-4)6-13(17)11(3)23-25/h5-8,10H,9H2,1-4H3,(H,24,26). The Labute approximate surface area is 171 Å². The average Bonchev–Trinajstić information content (AvgIpc) is 2.95. The smallest absolute Gasteiger partial charge is 0.264 e. The van der Waals surface area contributed by atoms with E-state index in [1.165, 1.54) is 12.1 Å². The predicted molar refractivity (Wildman–Crippen MR) is 110 cm³/mol. The molecule has 0 saturated heterocycles. The van der Waals surface area contributed by atoms with E-state index in [-0.39, 0.29) is 5.56 Å². The van der Waals surface area contributed by atoms with Gasteiger partial charge in [-0.1, -0.05) is 37.4 Å². The van der Waals surface area contributed by atoms with Gasteiger partial charge in [0.15, 0.2) is 0 Å². The topological polar surface area (TPSA) is 69.0 Å². The SMILES string of the molecule is CSNC(=O)c1cc2c(C)nn(-c3cnc(OCC(C)C)c(Cl)c3)c2cc1F. The zero-order chi connectivity index (χ0) is 20.4. The summed E-state index contributed by atoms with van der Waals surface area (Å²) in [7, 11) is 0. The Kier molecular flexibility index (Phi) is 6.10. The van der Waals surface area contributed by atoms with Gasteiger partial charge in [-0.25, -0.2) is 14.1 Å². The van der Waals surface area contributed by atoms with Gasteiger partial charge in [-0.2, -0.15) is 5.10 Å². The van der Waals surface area contributed by atoms with Crippen LogP contribution in [0.4, 0.5) is 4.39 Å². The molecule has 1 aromatic carbocycles. The first kappa shape index (κ1) is 20.4. The molecule has 0 unspecified atom stereocenters. The van der Waals surface area contributed by atoms with Crippen LogP contribution >= 0.6 is 23.5 Å². The minimum Gasteiger partial charge on any atom is -0.476 e. The zero-order valence-corrected chi connectivity index (χ0v) is 17.5. The molecule has 0 aliphatic carbocycles. The van der Waals surface area contributed by atoms with Crippen molar-refractivity contribution in [1.82, 2.24) is 19.5 Å². The summed E-state index contributed by atoms with van der Waals surface area (Å²) in [4.78, 5) is 16.3. The molecule has 0 fully saturated rings. The summed E-state index contributed by atoms with van der Waals surface area (Å²) >= 11 is 7.41. The van der Waals surface area contributed by atoms with Gasteiger partial charge in [0.25, 0.3) is 5.91 Å². The maximum atomic E-state index is 14.5. The number of nitrogens with zero attached hydrogens (tertiary/aromatic N) is 3. The highest BCUT2D eigenvalue weighted by Gasteiger charge is 2.18. The molecule has 28 heavy (non-hydrogen) atoms. The number of aromatic nitrogens is 3. The molecule has 2 heterocycles. The van der Waals surface area contributed by atoms with Gasteiger partial charge in [0.05, 0.1) is 35.3 Å². The number of rotatable bonds is 6. The van der Waals surface area contributed by atoms with Crippen molar-refractivity contribution < 1.29 is 13.9 Å². The van der Waals surface area contributed by atoms with E-state index in [1.54, 1.807) is 30.1 Å². The predicted octanol–water partition coefficient (Wildman–Crippen LogP) is 4.56. The molecule has 148 valence electrons. The molecule has 0 atom stereocenters. The van der Waals surface area contributed by atoms with E-state index in [2.05, 4.69) is 14.8 Å². The van der Waals surface area contributed by atoms with Crippen LogP contribution in [0, 0.1) is 18.7 Å². The summed E-state index contributed by atoms with van der Waals surface area (Å²) in [6, 6.07) is 4.47. The Hall–Kier alpha value is -2.32. The number of pyridine rings is 1. The number of benzene rings is 1. The van der Waals surface area contributed by atoms with Crippen LogP contribution in [0.3, 0.4) is 0 Å². The van der Waals surface area contributed by atoms with Crippen molar-refractivity contribution in [3.05, 3.63) is 46.5 Å². The molecule has 2 aromatic heterocycles. The van der Waals surface area contributed by atoms with Gasteiger partial charge in [0, 0.05) is 17.7 Å². The molecule has 0 saturated carbocycles. The Morgan fingerprint density at radius 1 is 1.39 bits per heavy atom. The second-order valence-corrected chi connectivity index (χ2v) is 7.69. The number of halogens is 2. The Morgan fingerprint density at radius 3 is 2.79 bits per heavy atom. The number of hydrogen-bond donors (Lipinski definition) is 1. The Bertz CT molecular complexity index is 1040. The van der Waals surface area contributed by atoms with Crippen LogP contribution in [0.1, 0.15) is 29.9 Å². The van der Waals surface area contributed by atoms with E-state index in [9.17, 15) is 9.18 Å². The summed E-state index contributed by atoms with van der Waals surface area (Å²) in [6.07, 6.45) is 3.27. The van der Waals surface area contributed by atoms with Crippen molar-refractivity contribution >= 4 is 40.4 Å². The fourth-order valence-electron chi connectivity index (χ4n) is 2.69. The van der Waals surface area contributed by atoms with E-state index in [1.807, 2.05) is 13.8 Å². The van der Waals surface area contributed by atoms with Crippen molar-refractivity contribution in [1.29, 1.82) is 0 Å². The molecule has 6 nitrogen and oxygen atoms in total. The maximum absolute atomic E-state index is 14.5. The van der Waals surface area contributed by atoms with Crippen LogP contribution in [0.15, 0.2) is 24.4 Å². The third-order valence-electron chi connectivity index (χ3n) is 3.98. The summed E-state index contributed by atoms with van der Waals surface area (Å²) in [5.74, 6) is -0.434. The van der Waals surface area contributed by atoms with Crippen LogP contribution in [-0.4, -0.2) is 33.5 Å². The first-order valence-corrected chi connectivity index (χ1v) is 10.2. The lowest BCUT2D eigenvalue weighted by molar-refractivity contribution is 0.0981. The number of ether oxygens (including phenoxy) is 1. The van der Waals surface area contributed by atoms with E-state index in [0.29, 0.717) is 45.7 Å². The summed E-state index contributed by atoms with van der Waals surface area (Å²) in [5.41, 5.74) is 1.72. The van der Waals surface area contributed by atoms with Crippen molar-refractivity contribution in [2.24, 2.45) is 5.92 Å². The Morgan fingerprint density at radius 2 is 2.14 bits per heavy atom. The van der Waals surface area contributed by atoms with Crippen LogP contribution < -0.4 is 9.46 Å². The lowest BCUT2D eigenvalue weighted by Gasteiger charge is -2.11. The van der Waals surface area contributed by atoms with E-state index < -0.39 is 11.7 Å². The fraction of sp³-hybridized carbons (Fsp3) is 0.316. The molecular formula is C19H20ClFN4O2S. The second kappa shape index (κ2) is 8.36. The number of amides is 1. The van der Waals surface area contributed by atoms with Gasteiger partial charge in [0.1, 0.15) is 10.8 Å². The van der Waals surface area contributed by atoms with Crippen LogP contribution in [0.25, 0.3) is 16.6 Å². The van der Waals surface area contributed by atoms with Crippen molar-refractivity contribution in [2.45, 2.75) is 20.8 Å². The maximum Gasteiger partial charge on any atom is 0.264 e. The highest BCUT2D eigenvalue weighted by molar-refractivity contribution is 7.97. The van der Waals surface area contributed by atoms with Crippen LogP contribution in [0.5, 0.6) is 5.88 Å². The number of carbonyl (C=O) groups excluding carboxylic acids is 1. The molecular weight excluding hydrogens is 403 g/mol. The normalized spacial score (nSPS) is 11.2. The van der Waals surface area contributed by atoms with Gasteiger partial charge >= 0.3 is 0 Å². The minimum atomic E-state index is -0.629. The third-order valence-corrected chi connectivity index (χ3v) is 4.64. The molecule has 0 radical (unpaired) electrons. The van der Waals surface area contributed by atoms with Gasteiger partial charge in [0.2, 0.25) is 5.88 Å². The van der Waals surface area contributed by atoms with E-state index in [0.717, 1.165) is 11.9 Å². The van der Waals surface area contributed by atoms with Crippen LogP contribution in [0.2, 0.25) is 5.02 Å². The first-order valence-electron chi connectivity index (χ1n) is 8.62. The third kappa shape index (κ3) is 4.07. The molecule has 0 aliphatic rings. The minimum absolute atomic E-state index is 0.0295. The monoisotopic (exact) mass is 422 g/mol. The number of aryl methyl sites for hydroxylation is 1. The first-order chi connectivity index (χ1) is 13.3. The van der Waals surface area contributed by atoms with Gasteiger partial charge in [-0.15, -0.1) is 0 Å². The molecule has 3 aromatic rings. The Balaban J connectivity index is 2.03. The number of nitrogens with one attached hydrogen (secondary N) is 1. The molecule has 0 aliphatic heterocycles. The quantitative estimate of drug-likeness (QED) is 0.589. The number of hydrogen-bond acceptors (Lipinski definition) is 5. The molecule has 3 rings (SSSR count). The van der Waals surface area contributed by atoms with E-state index >= 15 is 0 Å². The van der Waals surface area contributed by atoms with Gasteiger partial charge in [-0.3, -0.25) is 9.52 Å². The fourth-order valence-corrected chi connectivity index (χ4v) is 3.20. The van der Waals surface area contributed by atoms with Crippen molar-refractivity contribution in [3.8, 4) is 11.6 Å². The lowest BCUT2D eigenvalue weighted by atomic mass is 10.1. The van der Waals surface area contributed by atoms with Crippen LogP contribution in [-0.2, 0) is 0 Å². The largest absolute Gasteiger partial charge is 0.476 e. The van der Waals surface area contributed by atoms with E-state index in [4.69, 9.17) is 16.3 Å². The number of fused-ring (bicyclic) bond motifs is 1. The van der Waals surface area contributed by atoms with Gasteiger partial charge in [-0.05, 0) is 25.0 Å². The zero-order valence-electron chi connectivity index (χ0n) is 15.9. The molecule has 0 bridgehead atoms. The lowest BCUT2D eigenvalue weighted by Crippen LogP contribution is -2.16. The number of carbonyl (C=O) groups is 1. The summed E-state index contributed by atoms with van der Waals surface area (Å²) < 4.78 is 24.2. The molecule has 1 N–H and O–H groups in total. The second-order valence-electron chi connectivity index (χ2n) is 6.67. The average molecular weight is 423 g/mol. The highest BCUT2D eigenvalue weighted by atomic mass is 35.5. The molecule has 9 heteroatoms. The highest BCUT2D eigenvalue weighted by Crippen LogP contribution is 2.29. The molecule has 0 spiro atoms. The molecule has 1 amide bonds.